The zero-order valence-electron chi connectivity index (χ0n) is 14.1. The summed E-state index contributed by atoms with van der Waals surface area (Å²) in [6.07, 6.45) is 0. The molecule has 1 fully saturated rings. The van der Waals surface area contributed by atoms with Gasteiger partial charge in [-0.3, -0.25) is 14.5 Å². The van der Waals surface area contributed by atoms with Crippen molar-refractivity contribution < 1.29 is 9.59 Å². The maximum Gasteiger partial charge on any atom is 0.255 e. The van der Waals surface area contributed by atoms with Gasteiger partial charge in [-0.15, -0.1) is 0 Å². The first-order valence-electron chi connectivity index (χ1n) is 8.35. The highest BCUT2D eigenvalue weighted by Gasteiger charge is 2.24. The fourth-order valence-corrected chi connectivity index (χ4v) is 3.47. The lowest BCUT2D eigenvalue weighted by atomic mass is 10.2. The Balaban J connectivity index is 1.51. The Kier molecular flexibility index (Phi) is 6.29. The summed E-state index contributed by atoms with van der Waals surface area (Å²) in [6.45, 7) is 2.76. The SMILES string of the molecule is O=C(CN1CCN(C(=O)c2ccccc2Cl)CC1)Nc1ccccc1Br. The molecule has 0 atom stereocenters. The second-order valence-electron chi connectivity index (χ2n) is 6.08. The molecule has 0 unspecified atom stereocenters. The van der Waals surface area contributed by atoms with Crippen molar-refractivity contribution in [3.63, 3.8) is 0 Å². The van der Waals surface area contributed by atoms with Crippen molar-refractivity contribution in [3.05, 3.63) is 63.6 Å². The van der Waals surface area contributed by atoms with E-state index < -0.39 is 0 Å². The first-order chi connectivity index (χ1) is 12.5. The van der Waals surface area contributed by atoms with Gasteiger partial charge in [0.2, 0.25) is 5.91 Å². The van der Waals surface area contributed by atoms with Crippen molar-refractivity contribution in [2.45, 2.75) is 0 Å². The maximum absolute atomic E-state index is 12.6. The quantitative estimate of drug-likeness (QED) is 0.798. The van der Waals surface area contributed by atoms with Crippen molar-refractivity contribution in [3.8, 4) is 0 Å². The topological polar surface area (TPSA) is 52.7 Å². The van der Waals surface area contributed by atoms with Gasteiger partial charge in [0.15, 0.2) is 0 Å². The minimum Gasteiger partial charge on any atom is -0.336 e. The summed E-state index contributed by atoms with van der Waals surface area (Å²) in [5, 5.41) is 3.36. The third-order valence-corrected chi connectivity index (χ3v) is 5.30. The Morgan fingerprint density at radius 1 is 1.00 bits per heavy atom. The molecule has 2 aromatic carbocycles. The van der Waals surface area contributed by atoms with Crippen molar-refractivity contribution in [1.82, 2.24) is 9.80 Å². The summed E-state index contributed by atoms with van der Waals surface area (Å²) in [5.74, 6) is -0.129. The Labute approximate surface area is 166 Å². The van der Waals surface area contributed by atoms with Gasteiger partial charge in [-0.2, -0.15) is 0 Å². The number of rotatable bonds is 4. The van der Waals surface area contributed by atoms with Crippen LogP contribution in [0.15, 0.2) is 53.0 Å². The van der Waals surface area contributed by atoms with Crippen LogP contribution in [0.5, 0.6) is 0 Å². The number of hydrogen-bond acceptors (Lipinski definition) is 3. The number of carbonyl (C=O) groups is 2. The largest absolute Gasteiger partial charge is 0.336 e. The van der Waals surface area contributed by atoms with Crippen LogP contribution in [0, 0.1) is 0 Å². The molecular formula is C19H19BrClN3O2. The number of halogens is 2. The van der Waals surface area contributed by atoms with Gasteiger partial charge >= 0.3 is 0 Å². The fourth-order valence-electron chi connectivity index (χ4n) is 2.87. The number of hydrogen-bond donors (Lipinski definition) is 1. The predicted molar refractivity (Wildman–Crippen MR) is 107 cm³/mol. The van der Waals surface area contributed by atoms with Crippen LogP contribution in [0.3, 0.4) is 0 Å². The summed E-state index contributed by atoms with van der Waals surface area (Å²) in [4.78, 5) is 28.6. The normalized spacial score (nSPS) is 14.9. The van der Waals surface area contributed by atoms with Gasteiger partial charge in [-0.25, -0.2) is 0 Å². The molecule has 2 aromatic rings. The third-order valence-electron chi connectivity index (χ3n) is 4.28. The number of anilines is 1. The molecular weight excluding hydrogens is 418 g/mol. The van der Waals surface area contributed by atoms with E-state index in [1.165, 1.54) is 0 Å². The highest BCUT2D eigenvalue weighted by molar-refractivity contribution is 9.10. The maximum atomic E-state index is 12.6. The lowest BCUT2D eigenvalue weighted by Crippen LogP contribution is -2.50. The number of para-hydroxylation sites is 1. The first-order valence-corrected chi connectivity index (χ1v) is 9.52. The molecule has 0 saturated carbocycles. The molecule has 1 heterocycles. The van der Waals surface area contributed by atoms with E-state index in [4.69, 9.17) is 11.6 Å². The van der Waals surface area contributed by atoms with E-state index in [2.05, 4.69) is 21.2 Å². The van der Waals surface area contributed by atoms with Gasteiger partial charge in [0.1, 0.15) is 0 Å². The molecule has 5 nitrogen and oxygen atoms in total. The molecule has 1 N–H and O–H groups in total. The van der Waals surface area contributed by atoms with Gasteiger partial charge in [0.25, 0.3) is 5.91 Å². The molecule has 0 aliphatic carbocycles. The standard InChI is InChI=1S/C19H19BrClN3O2/c20-15-6-2-4-8-17(15)22-18(25)13-23-9-11-24(12-10-23)19(26)14-5-1-3-7-16(14)21/h1-8H,9-13H2,(H,22,25). The van der Waals surface area contributed by atoms with Crippen LogP contribution in [-0.4, -0.2) is 54.3 Å². The average Bonchev–Trinajstić information content (AvgIpc) is 2.64. The zero-order chi connectivity index (χ0) is 18.5. The van der Waals surface area contributed by atoms with Crippen LogP contribution in [0.25, 0.3) is 0 Å². The van der Waals surface area contributed by atoms with Crippen LogP contribution < -0.4 is 5.32 Å². The van der Waals surface area contributed by atoms with Crippen molar-refractivity contribution in [1.29, 1.82) is 0 Å². The van der Waals surface area contributed by atoms with Crippen LogP contribution in [0.4, 0.5) is 5.69 Å². The van der Waals surface area contributed by atoms with Gasteiger partial charge in [-0.05, 0) is 40.2 Å². The van der Waals surface area contributed by atoms with E-state index in [9.17, 15) is 9.59 Å². The first kappa shape index (κ1) is 18.9. The van der Waals surface area contributed by atoms with E-state index >= 15 is 0 Å². The smallest absolute Gasteiger partial charge is 0.255 e. The monoisotopic (exact) mass is 435 g/mol. The Bertz CT molecular complexity index is 807. The van der Waals surface area contributed by atoms with Crippen LogP contribution in [-0.2, 0) is 4.79 Å². The molecule has 1 aliphatic heterocycles. The van der Waals surface area contributed by atoms with Crippen molar-refractivity contribution >= 4 is 45.0 Å². The number of piperazine rings is 1. The fraction of sp³-hybridized carbons (Fsp3) is 0.263. The molecule has 1 aliphatic rings. The molecule has 1 saturated heterocycles. The minimum absolute atomic E-state index is 0.0621. The second kappa shape index (κ2) is 8.66. The third kappa shape index (κ3) is 4.63. The number of nitrogens with one attached hydrogen (secondary N) is 1. The molecule has 2 amide bonds. The van der Waals surface area contributed by atoms with E-state index in [0.717, 1.165) is 10.2 Å². The molecule has 136 valence electrons. The van der Waals surface area contributed by atoms with Crippen LogP contribution in [0.2, 0.25) is 5.02 Å². The summed E-state index contributed by atoms with van der Waals surface area (Å²) in [6, 6.07) is 14.6. The molecule has 0 spiro atoms. The van der Waals surface area contributed by atoms with E-state index in [-0.39, 0.29) is 11.8 Å². The predicted octanol–water partition coefficient (Wildman–Crippen LogP) is 3.50. The van der Waals surface area contributed by atoms with Crippen LogP contribution >= 0.6 is 27.5 Å². The van der Waals surface area contributed by atoms with Crippen molar-refractivity contribution in [2.24, 2.45) is 0 Å². The molecule has 26 heavy (non-hydrogen) atoms. The van der Waals surface area contributed by atoms with E-state index in [1.54, 1.807) is 29.2 Å². The van der Waals surface area contributed by atoms with E-state index in [0.29, 0.717) is 43.3 Å². The number of nitrogens with zero attached hydrogens (tertiary/aromatic N) is 2. The van der Waals surface area contributed by atoms with Gasteiger partial charge in [0, 0.05) is 30.7 Å². The highest BCUT2D eigenvalue weighted by atomic mass is 79.9. The molecule has 7 heteroatoms. The van der Waals surface area contributed by atoms with Gasteiger partial charge < -0.3 is 10.2 Å². The van der Waals surface area contributed by atoms with Gasteiger partial charge in [-0.1, -0.05) is 35.9 Å². The Hall–Kier alpha value is -1.89. The summed E-state index contributed by atoms with van der Waals surface area (Å²) in [5.41, 5.74) is 1.28. The Morgan fingerprint density at radius 2 is 1.65 bits per heavy atom. The number of amides is 2. The lowest BCUT2D eigenvalue weighted by molar-refractivity contribution is -0.117. The highest BCUT2D eigenvalue weighted by Crippen LogP contribution is 2.21. The summed E-state index contributed by atoms with van der Waals surface area (Å²) < 4.78 is 0.850. The van der Waals surface area contributed by atoms with E-state index in [1.807, 2.05) is 29.2 Å². The number of carbonyl (C=O) groups excluding carboxylic acids is 2. The molecule has 3 rings (SSSR count). The zero-order valence-corrected chi connectivity index (χ0v) is 16.5. The summed E-state index contributed by atoms with van der Waals surface area (Å²) >= 11 is 9.53. The lowest BCUT2D eigenvalue weighted by Gasteiger charge is -2.34. The molecule has 0 radical (unpaired) electrons. The summed E-state index contributed by atoms with van der Waals surface area (Å²) in [7, 11) is 0. The molecule has 0 bridgehead atoms. The minimum atomic E-state index is -0.0669. The second-order valence-corrected chi connectivity index (χ2v) is 7.34. The molecule has 0 aromatic heterocycles. The van der Waals surface area contributed by atoms with Gasteiger partial charge in [0.05, 0.1) is 22.8 Å². The van der Waals surface area contributed by atoms with Crippen LogP contribution in [0.1, 0.15) is 10.4 Å². The van der Waals surface area contributed by atoms with Crippen molar-refractivity contribution in [2.75, 3.05) is 38.0 Å². The average molecular weight is 437 g/mol. The Morgan fingerprint density at radius 3 is 2.35 bits per heavy atom. The number of benzene rings is 2.